The molecule has 3 rings (SSSR count). The molecule has 0 fully saturated rings. The van der Waals surface area contributed by atoms with E-state index in [9.17, 15) is 13.2 Å². The van der Waals surface area contributed by atoms with Crippen LogP contribution in [0.4, 0.5) is 11.5 Å². The lowest BCUT2D eigenvalue weighted by atomic mass is 10.2. The van der Waals surface area contributed by atoms with Gasteiger partial charge in [-0.3, -0.25) is 9.52 Å². The number of rotatable bonds is 5. The standard InChI is InChI=1S/C20H19N3O3S/c1-14-5-3-7-17(11-14)23-27(25,26)18-8-4-6-16(12-18)20(24)22-19-10-9-15(2)13-21-19/h3-13,23H,1-2H3,(H,21,22,24). The van der Waals surface area contributed by atoms with Crippen molar-refractivity contribution in [1.29, 1.82) is 0 Å². The Morgan fingerprint density at radius 2 is 1.70 bits per heavy atom. The van der Waals surface area contributed by atoms with Gasteiger partial charge in [0.1, 0.15) is 5.82 Å². The van der Waals surface area contributed by atoms with Gasteiger partial charge in [-0.15, -0.1) is 0 Å². The van der Waals surface area contributed by atoms with Crippen LogP contribution in [0.2, 0.25) is 0 Å². The second-order valence-corrected chi connectivity index (χ2v) is 7.86. The Hall–Kier alpha value is -3.19. The van der Waals surface area contributed by atoms with Crippen LogP contribution in [-0.2, 0) is 10.0 Å². The molecule has 0 aliphatic rings. The number of hydrogen-bond donors (Lipinski definition) is 2. The number of aryl methyl sites for hydroxylation is 2. The fraction of sp³-hybridized carbons (Fsp3) is 0.100. The Morgan fingerprint density at radius 1 is 0.926 bits per heavy atom. The van der Waals surface area contributed by atoms with E-state index in [1.54, 1.807) is 36.5 Å². The molecule has 1 amide bonds. The number of nitrogens with zero attached hydrogens (tertiary/aromatic N) is 1. The first-order valence-corrected chi connectivity index (χ1v) is 9.75. The van der Waals surface area contributed by atoms with Crippen LogP contribution >= 0.6 is 0 Å². The molecule has 0 bridgehead atoms. The zero-order chi connectivity index (χ0) is 19.4. The molecule has 0 unspecified atom stereocenters. The van der Waals surface area contributed by atoms with Gasteiger partial charge in [0.05, 0.1) is 4.90 Å². The molecular formula is C20H19N3O3S. The highest BCUT2D eigenvalue weighted by Crippen LogP contribution is 2.18. The SMILES string of the molecule is Cc1ccc(NC(=O)c2cccc(S(=O)(=O)Nc3cccc(C)c3)c2)nc1. The van der Waals surface area contributed by atoms with Crippen LogP contribution < -0.4 is 10.0 Å². The quantitative estimate of drug-likeness (QED) is 0.704. The third-order valence-corrected chi connectivity index (χ3v) is 5.21. The first kappa shape index (κ1) is 18.6. The number of hydrogen-bond acceptors (Lipinski definition) is 4. The van der Waals surface area contributed by atoms with Gasteiger partial charge in [0.25, 0.3) is 15.9 Å². The highest BCUT2D eigenvalue weighted by Gasteiger charge is 2.17. The van der Waals surface area contributed by atoms with E-state index in [0.29, 0.717) is 11.5 Å². The van der Waals surface area contributed by atoms with E-state index >= 15 is 0 Å². The Morgan fingerprint density at radius 3 is 2.41 bits per heavy atom. The van der Waals surface area contributed by atoms with Crippen molar-refractivity contribution in [2.24, 2.45) is 0 Å². The van der Waals surface area contributed by atoms with Crippen molar-refractivity contribution in [3.63, 3.8) is 0 Å². The minimum Gasteiger partial charge on any atom is -0.307 e. The second-order valence-electron chi connectivity index (χ2n) is 6.18. The zero-order valence-electron chi connectivity index (χ0n) is 14.9. The van der Waals surface area contributed by atoms with Gasteiger partial charge in [-0.05, 0) is 61.4 Å². The summed E-state index contributed by atoms with van der Waals surface area (Å²) < 4.78 is 27.8. The van der Waals surface area contributed by atoms with Gasteiger partial charge in [0.15, 0.2) is 0 Å². The lowest BCUT2D eigenvalue weighted by Gasteiger charge is -2.10. The van der Waals surface area contributed by atoms with E-state index in [4.69, 9.17) is 0 Å². The molecule has 0 saturated carbocycles. The lowest BCUT2D eigenvalue weighted by Crippen LogP contribution is -2.16. The van der Waals surface area contributed by atoms with Gasteiger partial charge in [0.2, 0.25) is 0 Å². The second kappa shape index (κ2) is 7.59. The number of carbonyl (C=O) groups is 1. The van der Waals surface area contributed by atoms with Crippen LogP contribution in [0.25, 0.3) is 0 Å². The van der Waals surface area contributed by atoms with E-state index in [1.807, 2.05) is 26.0 Å². The topological polar surface area (TPSA) is 88.2 Å². The summed E-state index contributed by atoms with van der Waals surface area (Å²) in [5.41, 5.74) is 2.61. The van der Waals surface area contributed by atoms with E-state index < -0.39 is 15.9 Å². The number of amides is 1. The number of pyridine rings is 1. The molecule has 0 spiro atoms. The van der Waals surface area contributed by atoms with Crippen molar-refractivity contribution in [2.45, 2.75) is 18.7 Å². The summed E-state index contributed by atoms with van der Waals surface area (Å²) in [4.78, 5) is 16.5. The van der Waals surface area contributed by atoms with Gasteiger partial charge in [0, 0.05) is 17.4 Å². The van der Waals surface area contributed by atoms with E-state index in [2.05, 4.69) is 15.0 Å². The summed E-state index contributed by atoms with van der Waals surface area (Å²) >= 11 is 0. The van der Waals surface area contributed by atoms with Crippen LogP contribution in [0.3, 0.4) is 0 Å². The monoisotopic (exact) mass is 381 g/mol. The Kier molecular flexibility index (Phi) is 5.23. The molecule has 1 aromatic heterocycles. The summed E-state index contributed by atoms with van der Waals surface area (Å²) in [7, 11) is -3.81. The number of sulfonamides is 1. The highest BCUT2D eigenvalue weighted by atomic mass is 32.2. The summed E-state index contributed by atoms with van der Waals surface area (Å²) in [5.74, 6) is -0.0318. The Bertz CT molecular complexity index is 1080. The molecule has 138 valence electrons. The maximum Gasteiger partial charge on any atom is 0.261 e. The van der Waals surface area contributed by atoms with E-state index in [-0.39, 0.29) is 10.5 Å². The van der Waals surface area contributed by atoms with Gasteiger partial charge in [-0.2, -0.15) is 0 Å². The van der Waals surface area contributed by atoms with Crippen molar-refractivity contribution in [2.75, 3.05) is 10.0 Å². The van der Waals surface area contributed by atoms with E-state index in [0.717, 1.165) is 11.1 Å². The van der Waals surface area contributed by atoms with Crippen LogP contribution in [0, 0.1) is 13.8 Å². The molecular weight excluding hydrogens is 362 g/mol. The van der Waals surface area contributed by atoms with Gasteiger partial charge in [-0.25, -0.2) is 13.4 Å². The van der Waals surface area contributed by atoms with Crippen molar-refractivity contribution in [1.82, 2.24) is 4.98 Å². The molecule has 0 aliphatic carbocycles. The molecule has 6 nitrogen and oxygen atoms in total. The number of benzene rings is 2. The molecule has 0 aliphatic heterocycles. The predicted octanol–water partition coefficient (Wildman–Crippen LogP) is 3.75. The Labute approximate surface area is 158 Å². The minimum absolute atomic E-state index is 0.00789. The number of anilines is 2. The summed E-state index contributed by atoms with van der Waals surface area (Å²) in [6.07, 6.45) is 1.64. The molecule has 27 heavy (non-hydrogen) atoms. The molecule has 2 N–H and O–H groups in total. The van der Waals surface area contributed by atoms with Gasteiger partial charge >= 0.3 is 0 Å². The average molecular weight is 381 g/mol. The summed E-state index contributed by atoms with van der Waals surface area (Å²) in [6.45, 7) is 3.77. The largest absolute Gasteiger partial charge is 0.307 e. The van der Waals surface area contributed by atoms with Gasteiger partial charge in [-0.1, -0.05) is 24.3 Å². The molecule has 3 aromatic rings. The predicted molar refractivity (Wildman–Crippen MR) is 105 cm³/mol. The Balaban J connectivity index is 1.81. The third kappa shape index (κ3) is 4.71. The van der Waals surface area contributed by atoms with Crippen molar-refractivity contribution in [3.8, 4) is 0 Å². The summed E-state index contributed by atoms with van der Waals surface area (Å²) in [6, 6.07) is 16.4. The van der Waals surface area contributed by atoms with E-state index in [1.165, 1.54) is 18.2 Å². The van der Waals surface area contributed by atoms with Crippen LogP contribution in [0.1, 0.15) is 21.5 Å². The fourth-order valence-corrected chi connectivity index (χ4v) is 3.55. The lowest BCUT2D eigenvalue weighted by molar-refractivity contribution is 0.102. The normalized spacial score (nSPS) is 11.0. The van der Waals surface area contributed by atoms with Crippen LogP contribution in [0.15, 0.2) is 71.8 Å². The van der Waals surface area contributed by atoms with Crippen molar-refractivity contribution < 1.29 is 13.2 Å². The van der Waals surface area contributed by atoms with Gasteiger partial charge < -0.3 is 5.32 Å². The summed E-state index contributed by atoms with van der Waals surface area (Å²) in [5, 5.41) is 2.66. The van der Waals surface area contributed by atoms with Crippen molar-refractivity contribution >= 4 is 27.4 Å². The first-order valence-electron chi connectivity index (χ1n) is 8.27. The fourth-order valence-electron chi connectivity index (χ4n) is 2.46. The molecule has 2 aromatic carbocycles. The molecule has 7 heteroatoms. The first-order chi connectivity index (χ1) is 12.8. The molecule has 0 radical (unpaired) electrons. The van der Waals surface area contributed by atoms with Crippen molar-refractivity contribution in [3.05, 3.63) is 83.6 Å². The maximum absolute atomic E-state index is 12.6. The zero-order valence-corrected chi connectivity index (χ0v) is 15.7. The maximum atomic E-state index is 12.6. The number of carbonyl (C=O) groups excluding carboxylic acids is 1. The minimum atomic E-state index is -3.81. The van der Waals surface area contributed by atoms with Crippen LogP contribution in [0.5, 0.6) is 0 Å². The molecule has 1 heterocycles. The van der Waals surface area contributed by atoms with Crippen LogP contribution in [-0.4, -0.2) is 19.3 Å². The molecule has 0 atom stereocenters. The smallest absolute Gasteiger partial charge is 0.261 e. The third-order valence-electron chi connectivity index (χ3n) is 3.83. The number of nitrogens with one attached hydrogen (secondary N) is 2. The highest BCUT2D eigenvalue weighted by molar-refractivity contribution is 7.92. The average Bonchev–Trinajstić information content (AvgIpc) is 2.63. The number of aromatic nitrogens is 1. The molecule has 0 saturated heterocycles.